The highest BCUT2D eigenvalue weighted by molar-refractivity contribution is 6.22. The van der Waals surface area contributed by atoms with Gasteiger partial charge in [0.15, 0.2) is 0 Å². The van der Waals surface area contributed by atoms with E-state index in [1.807, 2.05) is 0 Å². The van der Waals surface area contributed by atoms with Crippen LogP contribution in [0.3, 0.4) is 0 Å². The normalized spacial score (nSPS) is 16.5. The summed E-state index contributed by atoms with van der Waals surface area (Å²) in [5, 5.41) is -12.6. The van der Waals surface area contributed by atoms with Crippen molar-refractivity contribution in [2.45, 2.75) is 47.0 Å². The largest absolute Gasteiger partial charge is 0.439 e. The molecule has 2 nitrogen and oxygen atoms in total. The zero-order valence-electron chi connectivity index (χ0n) is 11.6. The highest BCUT2D eigenvalue weighted by Gasteiger charge is 2.86. The standard InChI is InChI=1S/C8Cl2F16O2/c9-3(15,16)7(23,24)27-5(19,20)1(11,12)2(13,14)6(21,22)28-8(25,26)4(10,17)18. The molecule has 0 N–H and O–H groups in total. The summed E-state index contributed by atoms with van der Waals surface area (Å²) in [5.74, 6) is -16.1. The summed E-state index contributed by atoms with van der Waals surface area (Å²) < 4.78 is 204. The van der Waals surface area contributed by atoms with Crippen LogP contribution in [-0.2, 0) is 9.47 Å². The van der Waals surface area contributed by atoms with Crippen LogP contribution in [0.5, 0.6) is 0 Å². The van der Waals surface area contributed by atoms with Crippen LogP contribution in [0.1, 0.15) is 0 Å². The molecule has 20 heteroatoms. The monoisotopic (exact) mass is 502 g/mol. The van der Waals surface area contributed by atoms with E-state index in [0.29, 0.717) is 0 Å². The Morgan fingerprint density at radius 3 is 0.679 bits per heavy atom. The number of halogens is 18. The van der Waals surface area contributed by atoms with Crippen molar-refractivity contribution in [2.24, 2.45) is 0 Å². The summed E-state index contributed by atoms with van der Waals surface area (Å²) in [6.07, 6.45) is -29.2. The fraction of sp³-hybridized carbons (Fsp3) is 1.00. The molecule has 0 saturated heterocycles. The molecule has 170 valence electrons. The summed E-state index contributed by atoms with van der Waals surface area (Å²) >= 11 is 6.96. The van der Waals surface area contributed by atoms with Gasteiger partial charge in [-0.3, -0.25) is 0 Å². The highest BCUT2D eigenvalue weighted by Crippen LogP contribution is 2.57. The highest BCUT2D eigenvalue weighted by atomic mass is 35.5. The van der Waals surface area contributed by atoms with Gasteiger partial charge in [0.05, 0.1) is 0 Å². The van der Waals surface area contributed by atoms with Gasteiger partial charge in [0, 0.05) is 0 Å². The van der Waals surface area contributed by atoms with E-state index in [9.17, 15) is 70.2 Å². The number of rotatable bonds is 9. The van der Waals surface area contributed by atoms with Gasteiger partial charge in [-0.05, 0) is 23.2 Å². The molecule has 0 fully saturated rings. The summed E-state index contributed by atoms with van der Waals surface area (Å²) in [4.78, 5) is 0. The Morgan fingerprint density at radius 2 is 0.536 bits per heavy atom. The lowest BCUT2D eigenvalue weighted by atomic mass is 10.1. The van der Waals surface area contributed by atoms with Crippen molar-refractivity contribution in [1.82, 2.24) is 0 Å². The third kappa shape index (κ3) is 4.75. The molecule has 0 aromatic carbocycles. The number of hydrogen-bond acceptors (Lipinski definition) is 2. The van der Waals surface area contributed by atoms with Crippen molar-refractivity contribution in [3.8, 4) is 0 Å². The molecular formula is C8Cl2F16O2. The van der Waals surface area contributed by atoms with Crippen molar-refractivity contribution in [3.63, 3.8) is 0 Å². The van der Waals surface area contributed by atoms with Crippen molar-refractivity contribution in [1.29, 1.82) is 0 Å². The van der Waals surface area contributed by atoms with Gasteiger partial charge >= 0.3 is 47.0 Å². The van der Waals surface area contributed by atoms with Crippen LogP contribution in [0.4, 0.5) is 70.2 Å². The van der Waals surface area contributed by atoms with Gasteiger partial charge in [0.25, 0.3) is 0 Å². The third-order valence-corrected chi connectivity index (χ3v) is 2.74. The molecule has 0 radical (unpaired) electrons. The maximum atomic E-state index is 13.0. The van der Waals surface area contributed by atoms with E-state index in [4.69, 9.17) is 0 Å². The second-order valence-corrected chi connectivity index (χ2v) is 5.36. The molecule has 0 aromatic heterocycles. The first kappa shape index (κ1) is 27.4. The van der Waals surface area contributed by atoms with Gasteiger partial charge in [0.1, 0.15) is 0 Å². The summed E-state index contributed by atoms with van der Waals surface area (Å²) in [6, 6.07) is 0. The lowest BCUT2D eigenvalue weighted by Crippen LogP contribution is -2.66. The van der Waals surface area contributed by atoms with Crippen LogP contribution >= 0.6 is 23.2 Å². The fourth-order valence-electron chi connectivity index (χ4n) is 0.931. The topological polar surface area (TPSA) is 18.5 Å². The molecule has 0 unspecified atom stereocenters. The zero-order chi connectivity index (χ0) is 23.4. The lowest BCUT2D eigenvalue weighted by molar-refractivity contribution is -0.524. The zero-order valence-corrected chi connectivity index (χ0v) is 13.1. The van der Waals surface area contributed by atoms with Gasteiger partial charge in [-0.25, -0.2) is 9.47 Å². The van der Waals surface area contributed by atoms with E-state index < -0.39 is 47.0 Å². The minimum atomic E-state index is -8.06. The van der Waals surface area contributed by atoms with Crippen molar-refractivity contribution in [3.05, 3.63) is 0 Å². The van der Waals surface area contributed by atoms with Crippen molar-refractivity contribution in [2.75, 3.05) is 0 Å². The second kappa shape index (κ2) is 6.97. The Bertz CT molecular complexity index is 514. The van der Waals surface area contributed by atoms with Gasteiger partial charge in [-0.1, -0.05) is 0 Å². The molecule has 0 aliphatic heterocycles. The quantitative estimate of drug-likeness (QED) is 0.271. The number of hydrogen-bond donors (Lipinski definition) is 0. The third-order valence-electron chi connectivity index (χ3n) is 2.30. The van der Waals surface area contributed by atoms with E-state index in [-0.39, 0.29) is 0 Å². The average molecular weight is 503 g/mol. The Hall–Kier alpha value is -0.620. The predicted molar refractivity (Wildman–Crippen MR) is 53.5 cm³/mol. The van der Waals surface area contributed by atoms with Crippen molar-refractivity contribution >= 4 is 23.2 Å². The van der Waals surface area contributed by atoms with Crippen LogP contribution < -0.4 is 0 Å². The Kier molecular flexibility index (Phi) is 6.81. The summed E-state index contributed by atoms with van der Waals surface area (Å²) in [6.45, 7) is 0. The molecule has 0 saturated carbocycles. The Morgan fingerprint density at radius 1 is 0.357 bits per heavy atom. The maximum Gasteiger partial charge on any atom is 0.439 e. The molecule has 0 amide bonds. The van der Waals surface area contributed by atoms with Gasteiger partial charge in [-0.15, -0.1) is 0 Å². The molecule has 0 heterocycles. The first-order valence-corrected chi connectivity index (χ1v) is 6.22. The van der Waals surface area contributed by atoms with Crippen LogP contribution in [-0.4, -0.2) is 47.0 Å². The van der Waals surface area contributed by atoms with Gasteiger partial charge in [-0.2, -0.15) is 70.2 Å². The molecule has 0 aliphatic carbocycles. The van der Waals surface area contributed by atoms with Gasteiger partial charge in [0.2, 0.25) is 0 Å². The smallest absolute Gasteiger partial charge is 0.244 e. The van der Waals surface area contributed by atoms with E-state index in [0.717, 1.165) is 0 Å². The maximum absolute atomic E-state index is 13.0. The minimum absolute atomic E-state index is 1.40. The van der Waals surface area contributed by atoms with Crippen molar-refractivity contribution < 1.29 is 79.7 Å². The molecule has 0 atom stereocenters. The van der Waals surface area contributed by atoms with E-state index >= 15 is 0 Å². The van der Waals surface area contributed by atoms with Crippen LogP contribution in [0.15, 0.2) is 0 Å². The van der Waals surface area contributed by atoms with Crippen LogP contribution in [0, 0.1) is 0 Å². The van der Waals surface area contributed by atoms with Gasteiger partial charge < -0.3 is 0 Å². The number of ether oxygens (including phenoxy) is 2. The molecule has 0 aliphatic rings. The predicted octanol–water partition coefficient (Wildman–Crippen LogP) is 6.32. The van der Waals surface area contributed by atoms with E-state index in [2.05, 4.69) is 23.2 Å². The first-order chi connectivity index (χ1) is 11.7. The molecule has 0 bridgehead atoms. The van der Waals surface area contributed by atoms with E-state index in [1.54, 1.807) is 0 Å². The van der Waals surface area contributed by atoms with E-state index in [1.165, 1.54) is 9.47 Å². The molecule has 0 aromatic rings. The lowest BCUT2D eigenvalue weighted by Gasteiger charge is -2.38. The summed E-state index contributed by atoms with van der Waals surface area (Å²) in [7, 11) is 0. The molecule has 0 spiro atoms. The summed E-state index contributed by atoms with van der Waals surface area (Å²) in [5.41, 5.74) is 0. The molecule has 0 rings (SSSR count). The second-order valence-electron chi connectivity index (χ2n) is 4.42. The molecular weight excluding hydrogens is 503 g/mol. The minimum Gasteiger partial charge on any atom is -0.244 e. The Balaban J connectivity index is 6.09. The van der Waals surface area contributed by atoms with Crippen LogP contribution in [0.25, 0.3) is 0 Å². The SMILES string of the molecule is FC(F)(Cl)C(F)(F)OC(F)(F)C(F)(F)C(F)(F)C(F)(F)OC(F)(F)C(F)(F)Cl. The fourth-order valence-corrected chi connectivity index (χ4v) is 1.01. The average Bonchev–Trinajstić information content (AvgIpc) is 2.32. The van der Waals surface area contributed by atoms with Crippen LogP contribution in [0.2, 0.25) is 0 Å². The number of alkyl halides is 18. The Labute approximate surface area is 151 Å². The molecule has 28 heavy (non-hydrogen) atoms. The first-order valence-electron chi connectivity index (χ1n) is 5.47.